The molecular weight excluding hydrogens is 513 g/mol. The van der Waals surface area contributed by atoms with E-state index in [2.05, 4.69) is 27.9 Å². The minimum Gasteiger partial charge on any atom is -0.454 e. The van der Waals surface area contributed by atoms with E-state index in [1.54, 1.807) is 20.2 Å². The van der Waals surface area contributed by atoms with Crippen molar-refractivity contribution in [3.05, 3.63) is 51.1 Å². The van der Waals surface area contributed by atoms with Crippen LogP contribution in [0.3, 0.4) is 0 Å². The zero-order valence-corrected chi connectivity index (χ0v) is 19.3. The number of benzene rings is 2. The number of carbonyl (C=O) groups is 2. The van der Waals surface area contributed by atoms with Gasteiger partial charge in [0.1, 0.15) is 0 Å². The summed E-state index contributed by atoms with van der Waals surface area (Å²) in [6, 6.07) is 10.5. The van der Waals surface area contributed by atoms with Crippen LogP contribution in [-0.4, -0.2) is 66.3 Å². The standard InChI is InChI=1S/C22H22IN3O5/c1-25(2)20(28)17-9-13(27)10-26(17)22(14-4-3-5-18-19(14)31-11-30-18)15-8-12(23)6-7-16(15)24-21(22)29/h3-8,13,17,27H,9-11H2,1-2H3,(H,24,29)/t13-,17+,22?/m1/s1. The average Bonchev–Trinajstić information content (AvgIpc) is 3.43. The summed E-state index contributed by atoms with van der Waals surface area (Å²) in [7, 11) is 3.36. The maximum absolute atomic E-state index is 13.8. The number of nitrogens with zero attached hydrogens (tertiary/aromatic N) is 2. The van der Waals surface area contributed by atoms with Gasteiger partial charge in [0.15, 0.2) is 17.0 Å². The van der Waals surface area contributed by atoms with Crippen molar-refractivity contribution in [3.63, 3.8) is 0 Å². The molecule has 1 saturated heterocycles. The monoisotopic (exact) mass is 535 g/mol. The van der Waals surface area contributed by atoms with E-state index in [9.17, 15) is 14.7 Å². The van der Waals surface area contributed by atoms with E-state index in [0.29, 0.717) is 22.7 Å². The van der Waals surface area contributed by atoms with Crippen LogP contribution in [0, 0.1) is 3.57 Å². The number of ether oxygens (including phenoxy) is 2. The number of rotatable bonds is 3. The van der Waals surface area contributed by atoms with E-state index in [1.807, 2.05) is 35.2 Å². The molecule has 0 radical (unpaired) electrons. The van der Waals surface area contributed by atoms with Gasteiger partial charge in [-0.1, -0.05) is 12.1 Å². The summed E-state index contributed by atoms with van der Waals surface area (Å²) in [5.74, 6) is 0.604. The molecule has 2 aromatic carbocycles. The normalized spacial score (nSPS) is 26.6. The molecule has 0 aliphatic carbocycles. The smallest absolute Gasteiger partial charge is 0.254 e. The topological polar surface area (TPSA) is 91.3 Å². The molecule has 2 N–H and O–H groups in total. The molecule has 5 rings (SSSR count). The van der Waals surface area contributed by atoms with E-state index in [1.165, 1.54) is 4.90 Å². The molecule has 3 heterocycles. The number of halogens is 1. The number of aliphatic hydroxyl groups is 1. The number of aliphatic hydroxyl groups excluding tert-OH is 1. The van der Waals surface area contributed by atoms with E-state index in [4.69, 9.17) is 9.47 Å². The molecule has 31 heavy (non-hydrogen) atoms. The van der Waals surface area contributed by atoms with Gasteiger partial charge >= 0.3 is 0 Å². The number of carbonyl (C=O) groups excluding carboxylic acids is 2. The molecule has 9 heteroatoms. The number of amides is 2. The number of hydrogen-bond acceptors (Lipinski definition) is 6. The Balaban J connectivity index is 1.81. The summed E-state index contributed by atoms with van der Waals surface area (Å²) in [5, 5.41) is 13.6. The number of anilines is 1. The second kappa shape index (κ2) is 7.35. The van der Waals surface area contributed by atoms with Gasteiger partial charge in [0.2, 0.25) is 12.7 Å². The Hall–Kier alpha value is -2.37. The van der Waals surface area contributed by atoms with Crippen molar-refractivity contribution in [1.29, 1.82) is 0 Å². The van der Waals surface area contributed by atoms with Crippen molar-refractivity contribution < 1.29 is 24.2 Å². The van der Waals surface area contributed by atoms with Crippen molar-refractivity contribution in [2.75, 3.05) is 32.7 Å². The molecule has 162 valence electrons. The fraction of sp³-hybridized carbons (Fsp3) is 0.364. The molecule has 3 atom stereocenters. The maximum Gasteiger partial charge on any atom is 0.254 e. The van der Waals surface area contributed by atoms with Gasteiger partial charge in [-0.15, -0.1) is 0 Å². The average molecular weight is 535 g/mol. The van der Waals surface area contributed by atoms with Crippen LogP contribution in [0.25, 0.3) is 0 Å². The Labute approximate surface area is 193 Å². The van der Waals surface area contributed by atoms with E-state index < -0.39 is 17.7 Å². The Bertz CT molecular complexity index is 1090. The lowest BCUT2D eigenvalue weighted by Gasteiger charge is -2.41. The summed E-state index contributed by atoms with van der Waals surface area (Å²) < 4.78 is 12.3. The molecule has 3 aliphatic heterocycles. The first-order chi connectivity index (χ1) is 14.8. The zero-order chi connectivity index (χ0) is 21.9. The highest BCUT2D eigenvalue weighted by Gasteiger charge is 2.60. The fourth-order valence-corrected chi connectivity index (χ4v) is 5.39. The van der Waals surface area contributed by atoms with E-state index in [0.717, 1.165) is 9.13 Å². The molecular formula is C22H22IN3O5. The first kappa shape index (κ1) is 20.5. The lowest BCUT2D eigenvalue weighted by molar-refractivity contribution is -0.138. The second-order valence-corrected chi connectivity index (χ2v) is 9.43. The Morgan fingerprint density at radius 1 is 1.26 bits per heavy atom. The number of likely N-dealkylation sites (tertiary alicyclic amines) is 1. The van der Waals surface area contributed by atoms with Crippen molar-refractivity contribution in [2.45, 2.75) is 24.1 Å². The number of β-amino-alcohol motifs (C(OH)–C–C–N with tert-alkyl or cyclic N) is 1. The molecule has 2 aromatic rings. The van der Waals surface area contributed by atoms with Gasteiger partial charge in [-0.3, -0.25) is 14.5 Å². The number of hydrogen-bond donors (Lipinski definition) is 2. The lowest BCUT2D eigenvalue weighted by Crippen LogP contribution is -2.57. The minimum atomic E-state index is -1.34. The molecule has 0 spiro atoms. The Morgan fingerprint density at radius 3 is 2.84 bits per heavy atom. The fourth-order valence-electron chi connectivity index (χ4n) is 4.90. The van der Waals surface area contributed by atoms with Crippen LogP contribution in [0.5, 0.6) is 11.5 Å². The number of nitrogens with one attached hydrogen (secondary N) is 1. The SMILES string of the molecule is CN(C)C(=O)[C@@H]1C[C@@H](O)CN1C1(c2cccc3c2OCO3)C(=O)Nc2ccc(I)cc21. The van der Waals surface area contributed by atoms with Crippen LogP contribution in [0.15, 0.2) is 36.4 Å². The molecule has 2 amide bonds. The summed E-state index contributed by atoms with van der Waals surface area (Å²) in [6.45, 7) is 0.235. The minimum absolute atomic E-state index is 0.0614. The van der Waals surface area contributed by atoms with Gasteiger partial charge < -0.3 is 24.8 Å². The van der Waals surface area contributed by atoms with Crippen molar-refractivity contribution in [3.8, 4) is 11.5 Å². The highest BCUT2D eigenvalue weighted by molar-refractivity contribution is 14.1. The second-order valence-electron chi connectivity index (χ2n) is 8.18. The molecule has 3 aliphatic rings. The lowest BCUT2D eigenvalue weighted by atomic mass is 9.80. The number of para-hydroxylation sites is 1. The van der Waals surface area contributed by atoms with Crippen molar-refractivity contribution in [1.82, 2.24) is 9.80 Å². The summed E-state index contributed by atoms with van der Waals surface area (Å²) in [4.78, 5) is 30.3. The highest BCUT2D eigenvalue weighted by atomic mass is 127. The maximum atomic E-state index is 13.8. The summed E-state index contributed by atoms with van der Waals surface area (Å²) in [6.07, 6.45) is -0.489. The third-order valence-corrected chi connectivity index (χ3v) is 6.84. The Kier molecular flexibility index (Phi) is 4.87. The third kappa shape index (κ3) is 2.94. The summed E-state index contributed by atoms with van der Waals surface area (Å²) in [5.41, 5.74) is 0.674. The van der Waals surface area contributed by atoms with Gasteiger partial charge in [0.05, 0.1) is 12.1 Å². The van der Waals surface area contributed by atoms with Gasteiger partial charge in [-0.2, -0.15) is 0 Å². The van der Waals surface area contributed by atoms with Gasteiger partial charge in [-0.25, -0.2) is 0 Å². The quantitative estimate of drug-likeness (QED) is 0.583. The highest BCUT2D eigenvalue weighted by Crippen LogP contribution is 2.53. The van der Waals surface area contributed by atoms with Gasteiger partial charge in [0, 0.05) is 41.0 Å². The zero-order valence-electron chi connectivity index (χ0n) is 17.1. The Morgan fingerprint density at radius 2 is 2.06 bits per heavy atom. The van der Waals surface area contributed by atoms with Crippen molar-refractivity contribution in [2.24, 2.45) is 0 Å². The van der Waals surface area contributed by atoms with Crippen LogP contribution < -0.4 is 14.8 Å². The first-order valence-corrected chi connectivity index (χ1v) is 11.1. The predicted molar refractivity (Wildman–Crippen MR) is 121 cm³/mol. The first-order valence-electron chi connectivity index (χ1n) is 10.0. The third-order valence-electron chi connectivity index (χ3n) is 6.17. The van der Waals surface area contributed by atoms with Gasteiger partial charge in [-0.05, 0) is 53.3 Å². The van der Waals surface area contributed by atoms with E-state index in [-0.39, 0.29) is 31.6 Å². The molecule has 1 unspecified atom stereocenters. The molecule has 1 fully saturated rings. The molecule has 0 saturated carbocycles. The summed E-state index contributed by atoms with van der Waals surface area (Å²) >= 11 is 2.21. The molecule has 0 aromatic heterocycles. The van der Waals surface area contributed by atoms with Crippen LogP contribution >= 0.6 is 22.6 Å². The van der Waals surface area contributed by atoms with Gasteiger partial charge in [0.25, 0.3) is 5.91 Å². The van der Waals surface area contributed by atoms with Crippen LogP contribution in [0.4, 0.5) is 5.69 Å². The number of fused-ring (bicyclic) bond motifs is 2. The number of likely N-dealkylation sites (N-methyl/N-ethyl adjacent to an activating group) is 1. The van der Waals surface area contributed by atoms with Crippen molar-refractivity contribution >= 4 is 40.1 Å². The largest absolute Gasteiger partial charge is 0.454 e. The van der Waals surface area contributed by atoms with Crippen LogP contribution in [0.2, 0.25) is 0 Å². The molecule has 8 nitrogen and oxygen atoms in total. The van der Waals surface area contributed by atoms with E-state index >= 15 is 0 Å². The molecule has 0 bridgehead atoms. The predicted octanol–water partition coefficient (Wildman–Crippen LogP) is 1.74. The van der Waals surface area contributed by atoms with Crippen LogP contribution in [-0.2, 0) is 15.1 Å². The van der Waals surface area contributed by atoms with Crippen LogP contribution in [0.1, 0.15) is 17.5 Å².